The van der Waals surface area contributed by atoms with Gasteiger partial charge in [0.15, 0.2) is 5.82 Å². The van der Waals surface area contributed by atoms with Crippen molar-refractivity contribution in [3.63, 3.8) is 0 Å². The van der Waals surface area contributed by atoms with Crippen LogP contribution in [-0.4, -0.2) is 40.2 Å². The molecule has 1 saturated heterocycles. The Morgan fingerprint density at radius 1 is 1.15 bits per heavy atom. The molecule has 2 aromatic heterocycles. The van der Waals surface area contributed by atoms with E-state index in [9.17, 15) is 4.79 Å². The Bertz CT molecular complexity index is 738. The summed E-state index contributed by atoms with van der Waals surface area (Å²) < 4.78 is 0. The molecule has 4 rings (SSSR count). The molecule has 1 atom stereocenters. The zero-order chi connectivity index (χ0) is 18.5. The molecule has 6 nitrogen and oxygen atoms in total. The van der Waals surface area contributed by atoms with Crippen molar-refractivity contribution in [3.8, 4) is 11.3 Å². The fourth-order valence-electron chi connectivity index (χ4n) is 4.40. The Morgan fingerprint density at radius 3 is 2.78 bits per heavy atom. The number of hydrogen-bond acceptors (Lipinski definition) is 4. The third kappa shape index (κ3) is 4.67. The molecule has 6 heteroatoms. The lowest BCUT2D eigenvalue weighted by molar-refractivity contribution is -0.123. The van der Waals surface area contributed by atoms with Gasteiger partial charge in [0.2, 0.25) is 5.91 Å². The predicted octanol–water partition coefficient (Wildman–Crippen LogP) is 3.53. The molecule has 2 N–H and O–H groups in total. The van der Waals surface area contributed by atoms with Crippen molar-refractivity contribution in [2.75, 3.05) is 18.0 Å². The number of aromatic nitrogens is 3. The largest absolute Gasteiger partial charge is 0.353 e. The van der Waals surface area contributed by atoms with Crippen molar-refractivity contribution in [1.29, 1.82) is 0 Å². The molecule has 27 heavy (non-hydrogen) atoms. The second-order valence-electron chi connectivity index (χ2n) is 7.94. The van der Waals surface area contributed by atoms with Gasteiger partial charge in [-0.25, -0.2) is 0 Å². The zero-order valence-electron chi connectivity index (χ0n) is 15.9. The van der Waals surface area contributed by atoms with Crippen LogP contribution in [0.4, 0.5) is 5.82 Å². The smallest absolute Gasteiger partial charge is 0.220 e. The first kappa shape index (κ1) is 18.0. The normalized spacial score (nSPS) is 21.2. The minimum absolute atomic E-state index is 0.218. The summed E-state index contributed by atoms with van der Waals surface area (Å²) in [5.41, 5.74) is 2.08. The maximum absolute atomic E-state index is 12.5. The summed E-state index contributed by atoms with van der Waals surface area (Å²) in [6.07, 6.45) is 12.7. The molecule has 1 amide bonds. The summed E-state index contributed by atoms with van der Waals surface area (Å²) in [5.74, 6) is 1.77. The fraction of sp³-hybridized carbons (Fsp3) is 0.571. The van der Waals surface area contributed by atoms with Crippen molar-refractivity contribution < 1.29 is 4.79 Å². The first-order valence-electron chi connectivity index (χ1n) is 10.3. The molecule has 1 aliphatic heterocycles. The Balaban J connectivity index is 1.33. The van der Waals surface area contributed by atoms with Crippen LogP contribution in [0.3, 0.4) is 0 Å². The summed E-state index contributed by atoms with van der Waals surface area (Å²) in [6.45, 7) is 1.81. The van der Waals surface area contributed by atoms with Gasteiger partial charge in [0.25, 0.3) is 0 Å². The van der Waals surface area contributed by atoms with Gasteiger partial charge >= 0.3 is 0 Å². The lowest BCUT2D eigenvalue weighted by Crippen LogP contribution is -2.48. The number of nitrogens with one attached hydrogen (secondary N) is 2. The summed E-state index contributed by atoms with van der Waals surface area (Å²) in [4.78, 5) is 18.8. The second kappa shape index (κ2) is 8.55. The van der Waals surface area contributed by atoms with E-state index in [0.29, 0.717) is 12.3 Å². The van der Waals surface area contributed by atoms with Crippen molar-refractivity contribution in [2.45, 2.75) is 57.4 Å². The maximum atomic E-state index is 12.5. The molecule has 2 fully saturated rings. The lowest BCUT2D eigenvalue weighted by Gasteiger charge is -2.33. The van der Waals surface area contributed by atoms with Gasteiger partial charge in [0.05, 0.1) is 5.69 Å². The molecule has 1 saturated carbocycles. The van der Waals surface area contributed by atoms with Crippen molar-refractivity contribution in [3.05, 3.63) is 30.6 Å². The summed E-state index contributed by atoms with van der Waals surface area (Å²) in [5, 5.41) is 10.9. The van der Waals surface area contributed by atoms with Gasteiger partial charge < -0.3 is 10.2 Å². The summed E-state index contributed by atoms with van der Waals surface area (Å²) in [6, 6.07) is 6.25. The monoisotopic (exact) mass is 367 g/mol. The molecule has 1 aliphatic carbocycles. The van der Waals surface area contributed by atoms with E-state index >= 15 is 0 Å². The van der Waals surface area contributed by atoms with E-state index in [1.165, 1.54) is 32.1 Å². The van der Waals surface area contributed by atoms with E-state index in [4.69, 9.17) is 0 Å². The minimum Gasteiger partial charge on any atom is -0.353 e. The molecule has 144 valence electrons. The highest BCUT2D eigenvalue weighted by Crippen LogP contribution is 2.27. The van der Waals surface area contributed by atoms with Gasteiger partial charge in [-0.1, -0.05) is 19.3 Å². The van der Waals surface area contributed by atoms with Gasteiger partial charge in [-0.2, -0.15) is 5.10 Å². The van der Waals surface area contributed by atoms with Gasteiger partial charge in [-0.05, 0) is 43.7 Å². The molecule has 0 bridgehead atoms. The predicted molar refractivity (Wildman–Crippen MR) is 106 cm³/mol. The van der Waals surface area contributed by atoms with E-state index in [0.717, 1.165) is 43.0 Å². The highest BCUT2D eigenvalue weighted by atomic mass is 16.1. The molecule has 2 aliphatic rings. The maximum Gasteiger partial charge on any atom is 0.220 e. The van der Waals surface area contributed by atoms with Crippen LogP contribution in [0, 0.1) is 5.92 Å². The average Bonchev–Trinajstić information content (AvgIpc) is 3.20. The van der Waals surface area contributed by atoms with E-state index in [-0.39, 0.29) is 11.9 Å². The van der Waals surface area contributed by atoms with Gasteiger partial charge in [-0.15, -0.1) is 0 Å². The number of rotatable bonds is 5. The number of piperidine rings is 1. The fourth-order valence-corrected chi connectivity index (χ4v) is 4.40. The number of aromatic amines is 1. The third-order valence-corrected chi connectivity index (χ3v) is 5.86. The van der Waals surface area contributed by atoms with Crippen LogP contribution in [-0.2, 0) is 4.79 Å². The number of pyridine rings is 1. The number of amides is 1. The first-order chi connectivity index (χ1) is 13.3. The Kier molecular flexibility index (Phi) is 5.70. The summed E-state index contributed by atoms with van der Waals surface area (Å²) >= 11 is 0. The van der Waals surface area contributed by atoms with Gasteiger partial charge in [-0.3, -0.25) is 14.9 Å². The lowest BCUT2D eigenvalue weighted by atomic mass is 9.87. The molecule has 3 heterocycles. The van der Waals surface area contributed by atoms with Crippen LogP contribution in [0.5, 0.6) is 0 Å². The van der Waals surface area contributed by atoms with Crippen molar-refractivity contribution in [2.24, 2.45) is 5.92 Å². The molecule has 0 radical (unpaired) electrons. The van der Waals surface area contributed by atoms with Crippen LogP contribution in [0.1, 0.15) is 51.4 Å². The van der Waals surface area contributed by atoms with Crippen LogP contribution in [0.25, 0.3) is 11.3 Å². The van der Waals surface area contributed by atoms with Gasteiger partial charge in [0.1, 0.15) is 0 Å². The number of hydrogen-bond donors (Lipinski definition) is 2. The average molecular weight is 367 g/mol. The first-order valence-corrected chi connectivity index (χ1v) is 10.3. The molecular weight excluding hydrogens is 338 g/mol. The third-order valence-electron chi connectivity index (χ3n) is 5.86. The number of carbonyl (C=O) groups is 1. The topological polar surface area (TPSA) is 73.9 Å². The van der Waals surface area contributed by atoms with E-state index in [2.05, 4.69) is 31.5 Å². The standard InChI is InChI=1S/C21H29N5O/c27-21(13-16-5-2-1-3-6-16)23-18-7-4-12-26(15-18)20-14-19(24-25-20)17-8-10-22-11-9-17/h8-11,14,16,18H,1-7,12-13,15H2,(H,23,27)(H,24,25). The number of nitrogens with zero attached hydrogens (tertiary/aromatic N) is 3. The molecule has 1 unspecified atom stereocenters. The number of H-pyrrole nitrogens is 1. The molecule has 0 aromatic carbocycles. The molecule has 2 aromatic rings. The van der Waals surface area contributed by atoms with E-state index < -0.39 is 0 Å². The summed E-state index contributed by atoms with van der Waals surface area (Å²) in [7, 11) is 0. The van der Waals surface area contributed by atoms with Gasteiger partial charge in [0, 0.05) is 49.6 Å². The highest BCUT2D eigenvalue weighted by molar-refractivity contribution is 5.76. The highest BCUT2D eigenvalue weighted by Gasteiger charge is 2.24. The van der Waals surface area contributed by atoms with Crippen LogP contribution < -0.4 is 10.2 Å². The van der Waals surface area contributed by atoms with Crippen molar-refractivity contribution >= 4 is 11.7 Å². The molecular formula is C21H29N5O. The number of carbonyl (C=O) groups excluding carboxylic acids is 1. The Morgan fingerprint density at radius 2 is 1.96 bits per heavy atom. The van der Waals surface area contributed by atoms with Crippen LogP contribution in [0.15, 0.2) is 30.6 Å². The Hall–Kier alpha value is -2.37. The minimum atomic E-state index is 0.218. The number of anilines is 1. The SMILES string of the molecule is O=C(CC1CCCCC1)NC1CCCN(c2cc(-c3ccncc3)[nH]n2)C1. The quantitative estimate of drug-likeness (QED) is 0.848. The van der Waals surface area contributed by atoms with Crippen molar-refractivity contribution in [1.82, 2.24) is 20.5 Å². The zero-order valence-corrected chi connectivity index (χ0v) is 15.9. The molecule has 0 spiro atoms. The van der Waals surface area contributed by atoms with E-state index in [1.54, 1.807) is 12.4 Å². The second-order valence-corrected chi connectivity index (χ2v) is 7.94. The van der Waals surface area contributed by atoms with Crippen LogP contribution in [0.2, 0.25) is 0 Å². The van der Waals surface area contributed by atoms with Crippen LogP contribution >= 0.6 is 0 Å². The van der Waals surface area contributed by atoms with E-state index in [1.807, 2.05) is 12.1 Å². The Labute approximate surface area is 160 Å².